The lowest BCUT2D eigenvalue weighted by Gasteiger charge is -2.38. The Hall–Kier alpha value is -3.54. The number of fused-ring (bicyclic) bond motifs is 1. The maximum Gasteiger partial charge on any atom is 0.262 e. The van der Waals surface area contributed by atoms with Gasteiger partial charge in [-0.25, -0.2) is 4.39 Å². The minimum atomic E-state index is -0.493. The molecule has 142 valence electrons. The third-order valence-corrected chi connectivity index (χ3v) is 4.75. The maximum absolute atomic E-state index is 13.4. The van der Waals surface area contributed by atoms with Crippen molar-refractivity contribution in [3.05, 3.63) is 83.7 Å². The fourth-order valence-corrected chi connectivity index (χ4v) is 3.38. The Morgan fingerprint density at radius 2 is 1.64 bits per heavy atom. The molecule has 0 unspecified atom stereocenters. The highest BCUT2D eigenvalue weighted by atomic mass is 19.1. The second kappa shape index (κ2) is 7.23. The summed E-state index contributed by atoms with van der Waals surface area (Å²) in [5, 5.41) is 3.41. The molecule has 0 aromatic heterocycles. The Kier molecular flexibility index (Phi) is 4.61. The molecule has 0 bridgehead atoms. The minimum Gasteiger partial charge on any atom is -0.493 e. The van der Waals surface area contributed by atoms with Crippen molar-refractivity contribution in [2.45, 2.75) is 6.17 Å². The first-order chi connectivity index (χ1) is 13.6. The summed E-state index contributed by atoms with van der Waals surface area (Å²) >= 11 is 0. The van der Waals surface area contributed by atoms with Gasteiger partial charge < -0.3 is 14.8 Å². The van der Waals surface area contributed by atoms with Gasteiger partial charge in [0.1, 0.15) is 12.0 Å². The third kappa shape index (κ3) is 3.03. The molecule has 1 aliphatic heterocycles. The number of anilines is 2. The van der Waals surface area contributed by atoms with Gasteiger partial charge in [0.25, 0.3) is 5.91 Å². The van der Waals surface area contributed by atoms with E-state index in [0.717, 1.165) is 11.3 Å². The number of nitrogens with one attached hydrogen (secondary N) is 1. The highest BCUT2D eigenvalue weighted by Crippen LogP contribution is 2.39. The Balaban J connectivity index is 1.85. The van der Waals surface area contributed by atoms with Crippen LogP contribution in [0.3, 0.4) is 0 Å². The van der Waals surface area contributed by atoms with Crippen LogP contribution in [-0.2, 0) is 0 Å². The third-order valence-electron chi connectivity index (χ3n) is 4.75. The van der Waals surface area contributed by atoms with Crippen molar-refractivity contribution < 1.29 is 18.7 Å². The predicted octanol–water partition coefficient (Wildman–Crippen LogP) is 4.61. The summed E-state index contributed by atoms with van der Waals surface area (Å²) in [5.74, 6) is 0.638. The summed E-state index contributed by atoms with van der Waals surface area (Å²) in [6.07, 6.45) is -0.493. The molecule has 0 saturated heterocycles. The molecule has 1 atom stereocenters. The van der Waals surface area contributed by atoms with Crippen LogP contribution >= 0.6 is 0 Å². The van der Waals surface area contributed by atoms with Gasteiger partial charge in [-0.05, 0) is 54.1 Å². The molecule has 0 spiro atoms. The first-order valence-electron chi connectivity index (χ1n) is 8.79. The molecule has 3 aromatic carbocycles. The van der Waals surface area contributed by atoms with Crippen molar-refractivity contribution >= 4 is 17.3 Å². The first kappa shape index (κ1) is 17.9. The Labute approximate surface area is 162 Å². The van der Waals surface area contributed by atoms with Crippen LogP contribution in [0, 0.1) is 5.82 Å². The standard InChI is InChI=1S/C22H19FN2O3/c1-27-19-12-7-14(13-20(19)28-2)21-24-18-6-4-3-5-17(18)22(26)25(21)16-10-8-15(23)9-11-16/h3-13,21,24H,1-2H3/t21-/m0/s1. The van der Waals surface area contributed by atoms with Gasteiger partial charge in [0.05, 0.1) is 19.8 Å². The van der Waals surface area contributed by atoms with Crippen molar-refractivity contribution in [1.82, 2.24) is 0 Å². The maximum atomic E-state index is 13.4. The van der Waals surface area contributed by atoms with E-state index >= 15 is 0 Å². The van der Waals surface area contributed by atoms with Gasteiger partial charge in [0.15, 0.2) is 11.5 Å². The number of methoxy groups -OCH3 is 2. The summed E-state index contributed by atoms with van der Waals surface area (Å²) in [4.78, 5) is 14.9. The molecule has 1 amide bonds. The lowest BCUT2D eigenvalue weighted by molar-refractivity contribution is 0.0975. The van der Waals surface area contributed by atoms with Crippen LogP contribution in [0.25, 0.3) is 0 Å². The van der Waals surface area contributed by atoms with Crippen LogP contribution in [0.15, 0.2) is 66.7 Å². The Morgan fingerprint density at radius 3 is 2.36 bits per heavy atom. The fraction of sp³-hybridized carbons (Fsp3) is 0.136. The van der Waals surface area contributed by atoms with Crippen LogP contribution in [0.5, 0.6) is 11.5 Å². The highest BCUT2D eigenvalue weighted by Gasteiger charge is 2.34. The second-order valence-corrected chi connectivity index (χ2v) is 6.36. The summed E-state index contributed by atoms with van der Waals surface area (Å²) < 4.78 is 24.2. The van der Waals surface area contributed by atoms with Gasteiger partial charge >= 0.3 is 0 Å². The van der Waals surface area contributed by atoms with Gasteiger partial charge in [0, 0.05) is 11.4 Å². The topological polar surface area (TPSA) is 50.8 Å². The molecule has 28 heavy (non-hydrogen) atoms. The van der Waals surface area contributed by atoms with Crippen molar-refractivity contribution in [3.63, 3.8) is 0 Å². The number of amides is 1. The number of ether oxygens (including phenoxy) is 2. The monoisotopic (exact) mass is 378 g/mol. The van der Waals surface area contributed by atoms with Crippen LogP contribution in [0.4, 0.5) is 15.8 Å². The largest absolute Gasteiger partial charge is 0.493 e. The van der Waals surface area contributed by atoms with Gasteiger partial charge in [-0.1, -0.05) is 18.2 Å². The quantitative estimate of drug-likeness (QED) is 0.720. The average Bonchev–Trinajstić information content (AvgIpc) is 2.74. The van der Waals surface area contributed by atoms with Gasteiger partial charge in [0.2, 0.25) is 0 Å². The van der Waals surface area contributed by atoms with E-state index in [2.05, 4.69) is 5.32 Å². The molecule has 0 saturated carbocycles. The summed E-state index contributed by atoms with van der Waals surface area (Å²) in [5.41, 5.74) is 2.70. The SMILES string of the molecule is COc1ccc([C@H]2Nc3ccccc3C(=O)N2c2ccc(F)cc2)cc1OC. The van der Waals surface area contributed by atoms with Crippen LogP contribution < -0.4 is 19.7 Å². The zero-order chi connectivity index (χ0) is 19.7. The van der Waals surface area contributed by atoms with Crippen molar-refractivity contribution in [3.8, 4) is 11.5 Å². The number of carbonyl (C=O) groups is 1. The molecular formula is C22H19FN2O3. The second-order valence-electron chi connectivity index (χ2n) is 6.36. The smallest absolute Gasteiger partial charge is 0.262 e. The predicted molar refractivity (Wildman–Crippen MR) is 106 cm³/mol. The van der Waals surface area contributed by atoms with Crippen LogP contribution in [0.1, 0.15) is 22.1 Å². The number of rotatable bonds is 4. The number of benzene rings is 3. The van der Waals surface area contributed by atoms with E-state index in [0.29, 0.717) is 22.7 Å². The zero-order valence-corrected chi connectivity index (χ0v) is 15.5. The Bertz CT molecular complexity index is 1020. The molecule has 0 aliphatic carbocycles. The molecule has 4 rings (SSSR count). The van der Waals surface area contributed by atoms with E-state index in [1.54, 1.807) is 43.4 Å². The van der Waals surface area contributed by atoms with E-state index in [4.69, 9.17) is 9.47 Å². The fourth-order valence-electron chi connectivity index (χ4n) is 3.38. The molecule has 1 heterocycles. The van der Waals surface area contributed by atoms with E-state index in [-0.39, 0.29) is 11.7 Å². The molecule has 0 fully saturated rings. The Morgan fingerprint density at radius 1 is 0.929 bits per heavy atom. The first-order valence-corrected chi connectivity index (χ1v) is 8.79. The van der Waals surface area contributed by atoms with E-state index in [1.165, 1.54) is 12.1 Å². The van der Waals surface area contributed by atoms with Crippen molar-refractivity contribution in [2.24, 2.45) is 0 Å². The lowest BCUT2D eigenvalue weighted by atomic mass is 10.0. The van der Waals surface area contributed by atoms with E-state index in [1.807, 2.05) is 30.3 Å². The summed E-state index contributed by atoms with van der Waals surface area (Å²) in [7, 11) is 3.13. The molecule has 5 nitrogen and oxygen atoms in total. The molecule has 0 radical (unpaired) electrons. The molecule has 3 aromatic rings. The van der Waals surface area contributed by atoms with Crippen molar-refractivity contribution in [1.29, 1.82) is 0 Å². The van der Waals surface area contributed by atoms with E-state index < -0.39 is 6.17 Å². The molecule has 1 N–H and O–H groups in total. The summed E-state index contributed by atoms with van der Waals surface area (Å²) in [6, 6.07) is 18.7. The number of halogens is 1. The van der Waals surface area contributed by atoms with Crippen LogP contribution in [-0.4, -0.2) is 20.1 Å². The molecule has 6 heteroatoms. The lowest BCUT2D eigenvalue weighted by Crippen LogP contribution is -2.43. The normalized spacial score (nSPS) is 15.6. The number of carbonyl (C=O) groups excluding carboxylic acids is 1. The van der Waals surface area contributed by atoms with Gasteiger partial charge in [-0.2, -0.15) is 0 Å². The number of para-hydroxylation sites is 1. The molecular weight excluding hydrogens is 359 g/mol. The van der Waals surface area contributed by atoms with Crippen LogP contribution in [0.2, 0.25) is 0 Å². The zero-order valence-electron chi connectivity index (χ0n) is 15.5. The number of hydrogen-bond acceptors (Lipinski definition) is 4. The van der Waals surface area contributed by atoms with Crippen molar-refractivity contribution in [2.75, 3.05) is 24.4 Å². The molecule has 1 aliphatic rings. The number of nitrogens with zero attached hydrogens (tertiary/aromatic N) is 1. The minimum absolute atomic E-state index is 0.166. The average molecular weight is 378 g/mol. The number of hydrogen-bond donors (Lipinski definition) is 1. The van der Waals surface area contributed by atoms with Gasteiger partial charge in [-0.3, -0.25) is 9.69 Å². The van der Waals surface area contributed by atoms with E-state index in [9.17, 15) is 9.18 Å². The highest BCUT2D eigenvalue weighted by molar-refractivity contribution is 6.12. The van der Waals surface area contributed by atoms with Gasteiger partial charge in [-0.15, -0.1) is 0 Å². The summed E-state index contributed by atoms with van der Waals surface area (Å²) in [6.45, 7) is 0.